The zero-order valence-electron chi connectivity index (χ0n) is 11.7. The van der Waals surface area contributed by atoms with Gasteiger partial charge in [0.05, 0.1) is 6.54 Å². The van der Waals surface area contributed by atoms with Crippen LogP contribution in [0.25, 0.3) is 0 Å². The van der Waals surface area contributed by atoms with Gasteiger partial charge in [-0.3, -0.25) is 15.2 Å². The lowest BCUT2D eigenvalue weighted by atomic mass is 9.97. The van der Waals surface area contributed by atoms with Crippen LogP contribution in [0, 0.1) is 11.3 Å². The Bertz CT molecular complexity index is 504. The van der Waals surface area contributed by atoms with Crippen LogP contribution in [0.15, 0.2) is 23.2 Å². The van der Waals surface area contributed by atoms with Gasteiger partial charge in [0.15, 0.2) is 5.78 Å². The molecule has 0 amide bonds. The van der Waals surface area contributed by atoms with E-state index in [2.05, 4.69) is 18.8 Å². The number of nitrogens with zero attached hydrogens (tertiary/aromatic N) is 1. The molecular formula is C15H21N3O. The van der Waals surface area contributed by atoms with Crippen molar-refractivity contribution in [1.82, 2.24) is 0 Å². The summed E-state index contributed by atoms with van der Waals surface area (Å²) >= 11 is 0. The van der Waals surface area contributed by atoms with E-state index >= 15 is 0 Å². The molecule has 0 aliphatic heterocycles. The smallest absolute Gasteiger partial charge is 0.159 e. The van der Waals surface area contributed by atoms with Crippen LogP contribution in [-0.4, -0.2) is 24.4 Å². The summed E-state index contributed by atoms with van der Waals surface area (Å²) in [6, 6.07) is 5.77. The van der Waals surface area contributed by atoms with E-state index in [0.29, 0.717) is 11.5 Å². The van der Waals surface area contributed by atoms with E-state index in [9.17, 15) is 4.79 Å². The molecule has 0 fully saturated rings. The summed E-state index contributed by atoms with van der Waals surface area (Å²) in [6.45, 7) is 6.03. The molecule has 0 atom stereocenters. The molecule has 4 heteroatoms. The molecule has 0 aliphatic carbocycles. The average Bonchev–Trinajstić information content (AvgIpc) is 2.27. The predicted octanol–water partition coefficient (Wildman–Crippen LogP) is 2.44. The lowest BCUT2D eigenvalue weighted by Crippen LogP contribution is -2.13. The van der Waals surface area contributed by atoms with Crippen molar-refractivity contribution in [3.05, 3.63) is 34.9 Å². The van der Waals surface area contributed by atoms with Crippen molar-refractivity contribution in [2.24, 2.45) is 16.6 Å². The van der Waals surface area contributed by atoms with E-state index in [1.807, 2.05) is 18.2 Å². The van der Waals surface area contributed by atoms with Crippen molar-refractivity contribution >= 4 is 17.8 Å². The molecule has 0 spiro atoms. The maximum Gasteiger partial charge on any atom is 0.159 e. The van der Waals surface area contributed by atoms with Crippen molar-refractivity contribution < 1.29 is 4.79 Å². The Hall–Kier alpha value is -1.97. The zero-order chi connectivity index (χ0) is 14.4. The number of carbonyl (C=O) groups excluding carboxylic acids is 1. The Balaban J connectivity index is 3.02. The van der Waals surface area contributed by atoms with Gasteiger partial charge in [-0.05, 0) is 42.5 Å². The number of ketones is 1. The van der Waals surface area contributed by atoms with Crippen LogP contribution >= 0.6 is 0 Å². The molecule has 1 aromatic carbocycles. The molecule has 102 valence electrons. The quantitative estimate of drug-likeness (QED) is 0.467. The number of carbonyl (C=O) groups is 1. The predicted molar refractivity (Wildman–Crippen MR) is 79.4 cm³/mol. The van der Waals surface area contributed by atoms with Crippen molar-refractivity contribution in [2.45, 2.75) is 27.2 Å². The number of aliphatic imine (C=N–C) groups is 1. The molecule has 0 unspecified atom stereocenters. The molecule has 1 aromatic rings. The lowest BCUT2D eigenvalue weighted by Gasteiger charge is -2.08. The summed E-state index contributed by atoms with van der Waals surface area (Å²) in [6.07, 6.45) is 2.59. The van der Waals surface area contributed by atoms with E-state index in [-0.39, 0.29) is 18.2 Å². The topological polar surface area (TPSA) is 79.3 Å². The highest BCUT2D eigenvalue weighted by molar-refractivity contribution is 5.96. The van der Waals surface area contributed by atoms with E-state index in [1.165, 1.54) is 0 Å². The molecule has 0 aliphatic rings. The third-order valence-electron chi connectivity index (χ3n) is 2.57. The van der Waals surface area contributed by atoms with Gasteiger partial charge in [0.25, 0.3) is 0 Å². The number of amidine groups is 1. The summed E-state index contributed by atoms with van der Waals surface area (Å²) in [7, 11) is 0. The van der Waals surface area contributed by atoms with Gasteiger partial charge in [0.1, 0.15) is 5.84 Å². The maximum atomic E-state index is 11.5. The first-order chi connectivity index (χ1) is 8.88. The maximum absolute atomic E-state index is 11.5. The third kappa shape index (κ3) is 5.46. The lowest BCUT2D eigenvalue weighted by molar-refractivity contribution is 0.101. The molecule has 19 heavy (non-hydrogen) atoms. The van der Waals surface area contributed by atoms with Crippen LogP contribution in [-0.2, 0) is 6.42 Å². The molecular weight excluding hydrogens is 238 g/mol. The van der Waals surface area contributed by atoms with Gasteiger partial charge in [-0.25, -0.2) is 0 Å². The van der Waals surface area contributed by atoms with Gasteiger partial charge < -0.3 is 5.73 Å². The SMILES string of the molecule is CC(=O)c1cc(C=NCC(=N)N)cc(CC(C)C)c1. The van der Waals surface area contributed by atoms with Crippen molar-refractivity contribution in [3.63, 3.8) is 0 Å². The minimum Gasteiger partial charge on any atom is -0.386 e. The first kappa shape index (κ1) is 15.1. The largest absolute Gasteiger partial charge is 0.386 e. The Morgan fingerprint density at radius 1 is 1.42 bits per heavy atom. The van der Waals surface area contributed by atoms with E-state index in [0.717, 1.165) is 17.5 Å². The number of benzene rings is 1. The first-order valence-electron chi connectivity index (χ1n) is 6.36. The summed E-state index contributed by atoms with van der Waals surface area (Å²) in [5, 5.41) is 7.12. The highest BCUT2D eigenvalue weighted by Gasteiger charge is 2.05. The number of hydrogen-bond acceptors (Lipinski definition) is 3. The molecule has 0 aromatic heterocycles. The highest BCUT2D eigenvalue weighted by atomic mass is 16.1. The summed E-state index contributed by atoms with van der Waals surface area (Å²) in [5.74, 6) is 0.609. The molecule has 0 saturated carbocycles. The minimum atomic E-state index is 0.0291. The molecule has 3 N–H and O–H groups in total. The van der Waals surface area contributed by atoms with Crippen LogP contribution in [0.5, 0.6) is 0 Å². The first-order valence-corrected chi connectivity index (χ1v) is 6.36. The van der Waals surface area contributed by atoms with Gasteiger partial charge in [-0.2, -0.15) is 0 Å². The molecule has 4 nitrogen and oxygen atoms in total. The fourth-order valence-corrected chi connectivity index (χ4v) is 1.83. The van der Waals surface area contributed by atoms with Crippen LogP contribution in [0.2, 0.25) is 0 Å². The van der Waals surface area contributed by atoms with Gasteiger partial charge in [-0.1, -0.05) is 19.9 Å². The Morgan fingerprint density at radius 2 is 2.11 bits per heavy atom. The number of Topliss-reactive ketones (excluding diaryl/α,β-unsaturated/α-hetero) is 1. The van der Waals surface area contributed by atoms with E-state index < -0.39 is 0 Å². The van der Waals surface area contributed by atoms with Crippen molar-refractivity contribution in [2.75, 3.05) is 6.54 Å². The average molecular weight is 259 g/mol. The molecule has 0 heterocycles. The fourth-order valence-electron chi connectivity index (χ4n) is 1.83. The zero-order valence-corrected chi connectivity index (χ0v) is 11.7. The van der Waals surface area contributed by atoms with Crippen molar-refractivity contribution in [3.8, 4) is 0 Å². The summed E-state index contributed by atoms with van der Waals surface area (Å²) in [4.78, 5) is 15.6. The van der Waals surface area contributed by atoms with Gasteiger partial charge in [-0.15, -0.1) is 0 Å². The number of rotatable bonds is 6. The van der Waals surface area contributed by atoms with Gasteiger partial charge in [0.2, 0.25) is 0 Å². The molecule has 0 bridgehead atoms. The number of nitrogens with two attached hydrogens (primary N) is 1. The van der Waals surface area contributed by atoms with Crippen LogP contribution < -0.4 is 5.73 Å². The second kappa shape index (κ2) is 6.83. The Morgan fingerprint density at radius 3 is 2.63 bits per heavy atom. The number of hydrogen-bond donors (Lipinski definition) is 2. The fraction of sp³-hybridized carbons (Fsp3) is 0.400. The Labute approximate surface area is 114 Å². The molecule has 0 radical (unpaired) electrons. The van der Waals surface area contributed by atoms with E-state index in [4.69, 9.17) is 11.1 Å². The highest BCUT2D eigenvalue weighted by Crippen LogP contribution is 2.14. The van der Waals surface area contributed by atoms with Crippen LogP contribution in [0.3, 0.4) is 0 Å². The minimum absolute atomic E-state index is 0.0291. The monoisotopic (exact) mass is 259 g/mol. The summed E-state index contributed by atoms with van der Waals surface area (Å²) < 4.78 is 0. The van der Waals surface area contributed by atoms with Crippen LogP contribution in [0.4, 0.5) is 0 Å². The second-order valence-corrected chi connectivity index (χ2v) is 5.11. The van der Waals surface area contributed by atoms with E-state index in [1.54, 1.807) is 13.1 Å². The normalized spacial score (nSPS) is 11.2. The third-order valence-corrected chi connectivity index (χ3v) is 2.57. The van der Waals surface area contributed by atoms with Gasteiger partial charge in [0, 0.05) is 11.8 Å². The molecule has 1 rings (SSSR count). The standard InChI is InChI=1S/C15H21N3O/c1-10(2)4-12-5-13(8-18-9-15(16)17)7-14(6-12)11(3)19/h5-8,10H,4,9H2,1-3H3,(H3,16,17). The van der Waals surface area contributed by atoms with Crippen molar-refractivity contribution in [1.29, 1.82) is 5.41 Å². The van der Waals surface area contributed by atoms with Crippen LogP contribution in [0.1, 0.15) is 42.3 Å². The van der Waals surface area contributed by atoms with Gasteiger partial charge >= 0.3 is 0 Å². The Kier molecular flexibility index (Phi) is 5.42. The summed E-state index contributed by atoms with van der Waals surface area (Å²) in [5.41, 5.74) is 7.95. The number of nitrogens with one attached hydrogen (secondary N) is 1. The second-order valence-electron chi connectivity index (χ2n) is 5.11. The molecule has 0 saturated heterocycles.